The number of halogens is 1. The van der Waals surface area contributed by atoms with Gasteiger partial charge in [0, 0.05) is 12.5 Å². The maximum Gasteiger partial charge on any atom is 0.122 e. The van der Waals surface area contributed by atoms with Gasteiger partial charge in [0.2, 0.25) is 0 Å². The van der Waals surface area contributed by atoms with E-state index < -0.39 is 0 Å². The molecule has 3 heteroatoms. The van der Waals surface area contributed by atoms with Gasteiger partial charge in [-0.25, -0.2) is 0 Å². The molecule has 3 rings (SSSR count). The fraction of sp³-hybridized carbons (Fsp3) is 0.600. The van der Waals surface area contributed by atoms with Crippen LogP contribution in [-0.4, -0.2) is 19.7 Å². The van der Waals surface area contributed by atoms with Gasteiger partial charge in [-0.05, 0) is 43.4 Å². The first kappa shape index (κ1) is 13.7. The lowest BCUT2D eigenvalue weighted by Crippen LogP contribution is -2.17. The van der Waals surface area contributed by atoms with Gasteiger partial charge in [0.1, 0.15) is 5.75 Å². The molecule has 0 aromatic heterocycles. The molecule has 2 nitrogen and oxygen atoms in total. The van der Waals surface area contributed by atoms with Crippen molar-refractivity contribution in [1.82, 2.24) is 5.32 Å². The van der Waals surface area contributed by atoms with E-state index in [2.05, 4.69) is 29.6 Å². The highest BCUT2D eigenvalue weighted by Gasteiger charge is 2.23. The molecule has 1 unspecified atom stereocenters. The van der Waals surface area contributed by atoms with E-state index in [1.54, 1.807) is 0 Å². The molecule has 0 spiro atoms. The highest BCUT2D eigenvalue weighted by Crippen LogP contribution is 2.40. The number of ether oxygens (including phenoxy) is 1. The lowest BCUT2D eigenvalue weighted by molar-refractivity contribution is 0.253. The molecule has 1 saturated heterocycles. The summed E-state index contributed by atoms with van der Waals surface area (Å²) in [4.78, 5) is 0. The van der Waals surface area contributed by atoms with Gasteiger partial charge in [-0.1, -0.05) is 24.6 Å². The summed E-state index contributed by atoms with van der Waals surface area (Å²) in [6.45, 7) is 3.14. The van der Waals surface area contributed by atoms with Gasteiger partial charge < -0.3 is 10.1 Å². The van der Waals surface area contributed by atoms with Gasteiger partial charge in [-0.3, -0.25) is 0 Å². The molecular weight excluding hydrogens is 246 g/mol. The number of nitrogens with one attached hydrogen (secondary N) is 1. The number of hydrogen-bond acceptors (Lipinski definition) is 2. The quantitative estimate of drug-likeness (QED) is 0.903. The van der Waals surface area contributed by atoms with Crippen LogP contribution in [0.4, 0.5) is 0 Å². The fourth-order valence-electron chi connectivity index (χ4n) is 2.73. The topological polar surface area (TPSA) is 21.3 Å². The van der Waals surface area contributed by atoms with Crippen LogP contribution in [0.1, 0.15) is 37.2 Å². The van der Waals surface area contributed by atoms with Crippen molar-refractivity contribution in [2.24, 2.45) is 5.92 Å². The van der Waals surface area contributed by atoms with Gasteiger partial charge in [0.15, 0.2) is 0 Å². The Bertz CT molecular complexity index is 373. The van der Waals surface area contributed by atoms with Crippen molar-refractivity contribution in [3.63, 3.8) is 0 Å². The summed E-state index contributed by atoms with van der Waals surface area (Å²) in [7, 11) is 0. The van der Waals surface area contributed by atoms with Crippen molar-refractivity contribution >= 4 is 12.4 Å². The van der Waals surface area contributed by atoms with Crippen LogP contribution in [0.5, 0.6) is 5.75 Å². The van der Waals surface area contributed by atoms with Crippen LogP contribution in [0, 0.1) is 5.92 Å². The monoisotopic (exact) mass is 267 g/mol. The van der Waals surface area contributed by atoms with Gasteiger partial charge >= 0.3 is 0 Å². The smallest absolute Gasteiger partial charge is 0.122 e. The molecule has 2 fully saturated rings. The van der Waals surface area contributed by atoms with E-state index in [-0.39, 0.29) is 12.4 Å². The Morgan fingerprint density at radius 3 is 2.67 bits per heavy atom. The Balaban J connectivity index is 0.00000120. The predicted molar refractivity (Wildman–Crippen MR) is 76.8 cm³/mol. The predicted octanol–water partition coefficient (Wildman–Crippen LogP) is 3.36. The lowest BCUT2D eigenvalue weighted by Gasteiger charge is -2.27. The Labute approximate surface area is 116 Å². The van der Waals surface area contributed by atoms with Crippen molar-refractivity contribution < 1.29 is 4.74 Å². The van der Waals surface area contributed by atoms with Gasteiger partial charge in [0.05, 0.1) is 6.61 Å². The Morgan fingerprint density at radius 2 is 2.00 bits per heavy atom. The first-order valence-corrected chi connectivity index (χ1v) is 6.86. The molecule has 1 aromatic carbocycles. The van der Waals surface area contributed by atoms with E-state index >= 15 is 0 Å². The minimum atomic E-state index is 0. The van der Waals surface area contributed by atoms with Crippen LogP contribution in [0.2, 0.25) is 0 Å². The molecule has 0 bridgehead atoms. The maximum absolute atomic E-state index is 6.04. The zero-order chi connectivity index (χ0) is 11.5. The van der Waals surface area contributed by atoms with E-state index in [9.17, 15) is 0 Å². The molecule has 0 radical (unpaired) electrons. The summed E-state index contributed by atoms with van der Waals surface area (Å²) in [6, 6.07) is 8.60. The van der Waals surface area contributed by atoms with Crippen LogP contribution in [0.25, 0.3) is 0 Å². The van der Waals surface area contributed by atoms with Crippen LogP contribution >= 0.6 is 12.4 Å². The fourth-order valence-corrected chi connectivity index (χ4v) is 2.73. The normalized spacial score (nSPS) is 23.2. The summed E-state index contributed by atoms with van der Waals surface area (Å²) in [5, 5.41) is 3.39. The number of para-hydroxylation sites is 1. The van der Waals surface area contributed by atoms with Gasteiger partial charge in [0.25, 0.3) is 0 Å². The van der Waals surface area contributed by atoms with E-state index in [1.165, 1.54) is 31.2 Å². The molecular formula is C15H22ClNO. The maximum atomic E-state index is 6.04. The van der Waals surface area contributed by atoms with E-state index in [0.717, 1.165) is 31.4 Å². The van der Waals surface area contributed by atoms with Crippen LogP contribution in [0.15, 0.2) is 24.3 Å². The summed E-state index contributed by atoms with van der Waals surface area (Å²) in [6.07, 6.45) is 5.31. The third-order valence-electron chi connectivity index (χ3n) is 4.10. The second kappa shape index (κ2) is 6.44. The average Bonchev–Trinajstić information content (AvgIpc) is 2.78. The van der Waals surface area contributed by atoms with Crippen LogP contribution in [-0.2, 0) is 0 Å². The van der Waals surface area contributed by atoms with E-state index in [4.69, 9.17) is 4.74 Å². The number of benzene rings is 1. The third-order valence-corrected chi connectivity index (χ3v) is 4.10. The summed E-state index contributed by atoms with van der Waals surface area (Å²) in [5.74, 6) is 2.58. The summed E-state index contributed by atoms with van der Waals surface area (Å²) < 4.78 is 6.04. The molecule has 18 heavy (non-hydrogen) atoms. The lowest BCUT2D eigenvalue weighted by atomic mass is 9.80. The molecule has 100 valence electrons. The first-order chi connectivity index (χ1) is 8.43. The van der Waals surface area contributed by atoms with Gasteiger partial charge in [-0.15, -0.1) is 12.4 Å². The minimum Gasteiger partial charge on any atom is -0.493 e. The summed E-state index contributed by atoms with van der Waals surface area (Å²) in [5.41, 5.74) is 1.43. The van der Waals surface area contributed by atoms with E-state index in [0.29, 0.717) is 5.92 Å². The minimum absolute atomic E-state index is 0. The van der Waals surface area contributed by atoms with Crippen molar-refractivity contribution in [1.29, 1.82) is 0 Å². The highest BCUT2D eigenvalue weighted by molar-refractivity contribution is 5.85. The zero-order valence-corrected chi connectivity index (χ0v) is 11.5. The standard InChI is InChI=1S/C15H21NO.ClH/c1-2-7-15(14(6-1)13-4-3-5-13)17-11-12-8-9-16-10-12;/h1-2,6-7,12-13,16H,3-5,8-11H2;1H. The Morgan fingerprint density at radius 1 is 1.17 bits per heavy atom. The Hall–Kier alpha value is -0.730. The molecule has 0 amide bonds. The van der Waals surface area contributed by atoms with Crippen molar-refractivity contribution in [3.05, 3.63) is 29.8 Å². The van der Waals surface area contributed by atoms with Crippen LogP contribution in [0.3, 0.4) is 0 Å². The zero-order valence-electron chi connectivity index (χ0n) is 10.7. The van der Waals surface area contributed by atoms with Crippen molar-refractivity contribution in [2.45, 2.75) is 31.6 Å². The SMILES string of the molecule is Cl.c1ccc(C2CCC2)c(OCC2CCNC2)c1. The molecule has 1 aliphatic heterocycles. The van der Waals surface area contributed by atoms with E-state index in [1.807, 2.05) is 0 Å². The first-order valence-electron chi connectivity index (χ1n) is 6.86. The van der Waals surface area contributed by atoms with Crippen molar-refractivity contribution in [2.75, 3.05) is 19.7 Å². The molecule has 1 aromatic rings. The average molecular weight is 268 g/mol. The number of hydrogen-bond donors (Lipinski definition) is 1. The number of rotatable bonds is 4. The largest absolute Gasteiger partial charge is 0.493 e. The van der Waals surface area contributed by atoms with Crippen LogP contribution < -0.4 is 10.1 Å². The van der Waals surface area contributed by atoms with Crippen molar-refractivity contribution in [3.8, 4) is 5.75 Å². The molecule has 1 aliphatic carbocycles. The second-order valence-electron chi connectivity index (χ2n) is 5.34. The molecule has 1 heterocycles. The summed E-state index contributed by atoms with van der Waals surface area (Å²) >= 11 is 0. The van der Waals surface area contributed by atoms with Gasteiger partial charge in [-0.2, -0.15) is 0 Å². The molecule has 2 aliphatic rings. The molecule has 1 N–H and O–H groups in total. The third kappa shape index (κ3) is 2.99. The molecule has 1 saturated carbocycles. The Kier molecular flexibility index (Phi) is 4.90. The highest BCUT2D eigenvalue weighted by atomic mass is 35.5. The molecule has 1 atom stereocenters. The second-order valence-corrected chi connectivity index (χ2v) is 5.34.